The summed E-state index contributed by atoms with van der Waals surface area (Å²) in [6.45, 7) is 2.99. The third-order valence-corrected chi connectivity index (χ3v) is 7.52. The molecule has 0 atom stereocenters. The molecule has 3 heterocycles. The molecule has 18 heteroatoms. The van der Waals surface area contributed by atoms with Crippen LogP contribution in [0.15, 0.2) is 30.5 Å². The Bertz CT molecular complexity index is 1660. The molecule has 0 spiro atoms. The number of aromatic nitrogens is 2. The molecule has 0 bridgehead atoms. The van der Waals surface area contributed by atoms with Crippen LogP contribution in [0.5, 0.6) is 11.5 Å². The number of nitrogens with one attached hydrogen (secondary N) is 2. The predicted octanol–water partition coefficient (Wildman–Crippen LogP) is 3.72. The van der Waals surface area contributed by atoms with Crippen molar-refractivity contribution >= 4 is 35.0 Å². The number of hydrogen-bond donors (Lipinski definition) is 5. The van der Waals surface area contributed by atoms with Crippen molar-refractivity contribution in [2.75, 3.05) is 69.0 Å². The average Bonchev–Trinajstić information content (AvgIpc) is 3.88. The Morgan fingerprint density at radius 2 is 1.38 bits per heavy atom. The van der Waals surface area contributed by atoms with E-state index in [4.69, 9.17) is 15.2 Å². The van der Waals surface area contributed by atoms with Crippen LogP contribution in [0.25, 0.3) is 0 Å². The number of ether oxygens (including phenoxy) is 2. The number of anilines is 4. The quantitative estimate of drug-likeness (QED) is 0.146. The second kappa shape index (κ2) is 14.4. The lowest BCUT2D eigenvalue weighted by Gasteiger charge is -2.27. The fourth-order valence-corrected chi connectivity index (χ4v) is 4.74. The molecule has 3 aromatic rings. The highest BCUT2D eigenvalue weighted by atomic mass is 19.4. The second-order valence-electron chi connectivity index (χ2n) is 11.0. The lowest BCUT2D eigenvalue weighted by molar-refractivity contribution is -0.137. The lowest BCUT2D eigenvalue weighted by atomic mass is 10.1. The van der Waals surface area contributed by atoms with E-state index in [1.807, 2.05) is 0 Å². The normalized spacial score (nSPS) is 16.5. The van der Waals surface area contributed by atoms with E-state index in [2.05, 4.69) is 20.6 Å². The summed E-state index contributed by atoms with van der Waals surface area (Å²) >= 11 is 0. The van der Waals surface area contributed by atoms with Gasteiger partial charge < -0.3 is 45.9 Å². The summed E-state index contributed by atoms with van der Waals surface area (Å²) in [5.41, 5.74) is 3.55. The Morgan fingerprint density at radius 1 is 0.854 bits per heavy atom. The fraction of sp³-hybridized carbons (Fsp3) is 0.400. The molecular formula is C30H32F5N7O6. The molecular weight excluding hydrogens is 649 g/mol. The summed E-state index contributed by atoms with van der Waals surface area (Å²) in [5.74, 6) is -4.10. The van der Waals surface area contributed by atoms with Crippen molar-refractivity contribution in [3.8, 4) is 11.5 Å². The van der Waals surface area contributed by atoms with Crippen molar-refractivity contribution in [1.29, 1.82) is 0 Å². The zero-order valence-corrected chi connectivity index (χ0v) is 25.3. The van der Waals surface area contributed by atoms with Gasteiger partial charge >= 0.3 is 6.18 Å². The third-order valence-electron chi connectivity index (χ3n) is 7.52. The SMILES string of the molecule is Nc1cc(F)c(C(=O)N2CCOCC2)cc1O.O=C(c1cc(O)c(Nc2ncc(C(F)(F)F)c(NC3CC3)n2)cc1F)N1CCOCC1. The number of alkyl halides is 3. The standard InChI is InChI=1S/C19H19F4N5O3.C11H13FN2O3/c20-13-8-14(15(29)7-11(13)17(30)28-3-5-31-6-4-28)26-18-24-9-12(19(21,22)23)16(27-18)25-10-1-2-10;12-8-6-9(13)10(15)5-7(8)11(16)14-1-3-17-4-2-14/h7-10,29H,1-6H2,(H2,24,25,26,27);5-6,15H,1-4,13H2. The number of nitrogens with two attached hydrogens (primary N) is 1. The van der Waals surface area contributed by atoms with E-state index in [-0.39, 0.29) is 40.2 Å². The number of amides is 2. The Balaban J connectivity index is 0.000000224. The first-order valence-corrected chi connectivity index (χ1v) is 14.8. The number of nitrogens with zero attached hydrogens (tertiary/aromatic N) is 4. The molecule has 2 amide bonds. The maximum absolute atomic E-state index is 14.6. The van der Waals surface area contributed by atoms with E-state index >= 15 is 0 Å². The maximum Gasteiger partial charge on any atom is 0.421 e. The van der Waals surface area contributed by atoms with Crippen LogP contribution in [-0.4, -0.2) is 100 Å². The summed E-state index contributed by atoms with van der Waals surface area (Å²) in [6.07, 6.45) is -2.57. The van der Waals surface area contributed by atoms with Gasteiger partial charge in [-0.25, -0.2) is 13.8 Å². The molecule has 6 rings (SSSR count). The van der Waals surface area contributed by atoms with Crippen LogP contribution in [0.2, 0.25) is 0 Å². The third kappa shape index (κ3) is 8.29. The largest absolute Gasteiger partial charge is 0.506 e. The number of nitrogen functional groups attached to an aromatic ring is 1. The minimum atomic E-state index is -4.65. The van der Waals surface area contributed by atoms with Gasteiger partial charge in [-0.05, 0) is 25.0 Å². The smallest absolute Gasteiger partial charge is 0.421 e. The number of rotatable bonds is 6. The Hall–Kier alpha value is -4.97. The van der Waals surface area contributed by atoms with Gasteiger partial charge in [-0.15, -0.1) is 0 Å². The molecule has 2 aromatic carbocycles. The molecule has 3 aliphatic rings. The number of carbonyl (C=O) groups is 2. The van der Waals surface area contributed by atoms with Crippen molar-refractivity contribution in [2.24, 2.45) is 0 Å². The highest BCUT2D eigenvalue weighted by Gasteiger charge is 2.37. The molecule has 13 nitrogen and oxygen atoms in total. The summed E-state index contributed by atoms with van der Waals surface area (Å²) in [5, 5.41) is 24.8. The first kappa shape index (κ1) is 34.4. The van der Waals surface area contributed by atoms with Gasteiger partial charge in [0.2, 0.25) is 5.95 Å². The summed E-state index contributed by atoms with van der Waals surface area (Å²) in [7, 11) is 0. The predicted molar refractivity (Wildman–Crippen MR) is 161 cm³/mol. The molecule has 2 aliphatic heterocycles. The van der Waals surface area contributed by atoms with Gasteiger partial charge in [0.25, 0.3) is 11.8 Å². The molecule has 258 valence electrons. The number of halogens is 5. The van der Waals surface area contributed by atoms with Crippen LogP contribution < -0.4 is 16.4 Å². The zero-order chi connectivity index (χ0) is 34.6. The van der Waals surface area contributed by atoms with Crippen molar-refractivity contribution in [3.05, 3.63) is 58.8 Å². The van der Waals surface area contributed by atoms with Crippen molar-refractivity contribution in [1.82, 2.24) is 19.8 Å². The molecule has 2 saturated heterocycles. The summed E-state index contributed by atoms with van der Waals surface area (Å²) in [4.78, 5) is 34.8. The number of carbonyl (C=O) groups excluding carboxylic acids is 2. The Morgan fingerprint density at radius 3 is 1.90 bits per heavy atom. The monoisotopic (exact) mass is 681 g/mol. The van der Waals surface area contributed by atoms with Crippen LogP contribution >= 0.6 is 0 Å². The molecule has 0 radical (unpaired) electrons. The molecule has 1 aliphatic carbocycles. The lowest BCUT2D eigenvalue weighted by Crippen LogP contribution is -2.41. The first-order valence-electron chi connectivity index (χ1n) is 14.8. The number of hydrogen-bond acceptors (Lipinski definition) is 11. The number of phenolic OH excluding ortho intramolecular Hbond substituents is 2. The number of benzene rings is 2. The molecule has 1 saturated carbocycles. The van der Waals surface area contributed by atoms with Crippen molar-refractivity contribution in [2.45, 2.75) is 25.1 Å². The van der Waals surface area contributed by atoms with Gasteiger partial charge in [0, 0.05) is 50.6 Å². The van der Waals surface area contributed by atoms with E-state index < -0.39 is 46.8 Å². The van der Waals surface area contributed by atoms with Gasteiger partial charge in [-0.1, -0.05) is 0 Å². The van der Waals surface area contributed by atoms with Gasteiger partial charge in [0.15, 0.2) is 0 Å². The van der Waals surface area contributed by atoms with E-state index in [0.717, 1.165) is 37.1 Å². The fourth-order valence-electron chi connectivity index (χ4n) is 4.74. The molecule has 3 fully saturated rings. The van der Waals surface area contributed by atoms with Crippen molar-refractivity contribution in [3.63, 3.8) is 0 Å². The van der Waals surface area contributed by atoms with E-state index in [1.54, 1.807) is 0 Å². The molecule has 0 unspecified atom stereocenters. The van der Waals surface area contributed by atoms with Crippen LogP contribution in [0.3, 0.4) is 0 Å². The minimum absolute atomic E-state index is 0.0824. The molecule has 48 heavy (non-hydrogen) atoms. The molecule has 1 aromatic heterocycles. The van der Waals surface area contributed by atoms with E-state index in [9.17, 15) is 41.8 Å². The topological polar surface area (TPSA) is 175 Å². The molecule has 6 N–H and O–H groups in total. The summed E-state index contributed by atoms with van der Waals surface area (Å²) < 4.78 is 78.0. The minimum Gasteiger partial charge on any atom is -0.506 e. The van der Waals surface area contributed by atoms with E-state index in [0.29, 0.717) is 58.8 Å². The highest BCUT2D eigenvalue weighted by molar-refractivity contribution is 5.96. The van der Waals surface area contributed by atoms with E-state index in [1.165, 1.54) is 9.80 Å². The number of aromatic hydroxyl groups is 2. The highest BCUT2D eigenvalue weighted by Crippen LogP contribution is 2.37. The van der Waals surface area contributed by atoms with Gasteiger partial charge in [0.1, 0.15) is 34.5 Å². The number of morpholine rings is 2. The number of phenols is 2. The van der Waals surface area contributed by atoms with Crippen molar-refractivity contribution < 1.29 is 51.2 Å². The van der Waals surface area contributed by atoms with Crippen LogP contribution in [0.1, 0.15) is 39.1 Å². The van der Waals surface area contributed by atoms with Gasteiger partial charge in [0.05, 0.1) is 48.9 Å². The Kier molecular flexibility index (Phi) is 10.3. The van der Waals surface area contributed by atoms with Crippen LogP contribution in [0, 0.1) is 11.6 Å². The second-order valence-corrected chi connectivity index (χ2v) is 11.0. The average molecular weight is 682 g/mol. The van der Waals surface area contributed by atoms with Gasteiger partial charge in [-0.3, -0.25) is 9.59 Å². The maximum atomic E-state index is 14.6. The van der Waals surface area contributed by atoms with Crippen LogP contribution in [0.4, 0.5) is 45.1 Å². The zero-order valence-electron chi connectivity index (χ0n) is 25.3. The van der Waals surface area contributed by atoms with Crippen LogP contribution in [-0.2, 0) is 15.7 Å². The first-order chi connectivity index (χ1) is 22.8. The summed E-state index contributed by atoms with van der Waals surface area (Å²) in [6, 6.07) is 3.74. The van der Waals surface area contributed by atoms with Gasteiger partial charge in [-0.2, -0.15) is 18.2 Å². The Labute approximate surface area is 270 Å².